The Morgan fingerprint density at radius 2 is 1.64 bits per heavy atom. The van der Waals surface area contributed by atoms with E-state index in [2.05, 4.69) is 81.5 Å². The van der Waals surface area contributed by atoms with Crippen LogP contribution in [0.5, 0.6) is 0 Å². The standard InChI is InChI=1S/C28H29N3O2/c1-25(2)18-11-12-26(25,3)22(16-18)29-23(32)30-20-8-9-21(31(30)24(29)33)28-15-14-27(20,28)13-10-17-6-4-5-7-19(17)28/h4-10,13-15,18,20-22H,11-12,16H2,1-3H3/t18-,20-,21-,22+,26-,27+,28+/m0/s1. The molecule has 2 fully saturated rings. The molecule has 0 N–H and O–H groups in total. The Hall–Kier alpha value is -2.82. The Bertz CT molecular complexity index is 1480. The van der Waals surface area contributed by atoms with Gasteiger partial charge < -0.3 is 0 Å². The van der Waals surface area contributed by atoms with Crippen LogP contribution in [0.25, 0.3) is 6.08 Å². The predicted octanol–water partition coefficient (Wildman–Crippen LogP) is 4.39. The molecule has 2 aliphatic heterocycles. The molecule has 1 aromatic heterocycles. The van der Waals surface area contributed by atoms with Crippen molar-refractivity contribution in [2.24, 2.45) is 22.2 Å². The van der Waals surface area contributed by atoms with E-state index in [0.717, 1.165) is 12.8 Å². The fourth-order valence-electron chi connectivity index (χ4n) is 9.07. The van der Waals surface area contributed by atoms with E-state index in [-0.39, 0.29) is 51.2 Å². The highest BCUT2D eigenvalue weighted by atomic mass is 16.2. The maximum atomic E-state index is 14.1. The molecule has 9 rings (SSSR count). The monoisotopic (exact) mass is 439 g/mol. The van der Waals surface area contributed by atoms with E-state index < -0.39 is 0 Å². The molecule has 7 atom stereocenters. The summed E-state index contributed by atoms with van der Waals surface area (Å²) >= 11 is 0. The van der Waals surface area contributed by atoms with Crippen LogP contribution >= 0.6 is 0 Å². The summed E-state index contributed by atoms with van der Waals surface area (Å²) < 4.78 is 5.27. The molecule has 3 heterocycles. The molecule has 7 aliphatic rings. The van der Waals surface area contributed by atoms with E-state index in [0.29, 0.717) is 5.92 Å². The lowest BCUT2D eigenvalue weighted by atomic mass is 9.42. The van der Waals surface area contributed by atoms with Gasteiger partial charge >= 0.3 is 11.4 Å². The Morgan fingerprint density at radius 1 is 0.909 bits per heavy atom. The maximum Gasteiger partial charge on any atom is 0.348 e. The lowest BCUT2D eigenvalue weighted by Gasteiger charge is -2.65. The number of allylic oxidation sites excluding steroid dienone is 5. The molecule has 5 nitrogen and oxygen atoms in total. The summed E-state index contributed by atoms with van der Waals surface area (Å²) in [6, 6.07) is 8.12. The normalized spacial score (nSPS) is 43.7. The van der Waals surface area contributed by atoms with Crippen molar-refractivity contribution in [3.05, 3.63) is 86.7 Å². The summed E-state index contributed by atoms with van der Waals surface area (Å²) in [4.78, 5) is 28.2. The zero-order chi connectivity index (χ0) is 22.5. The second-order valence-electron chi connectivity index (χ2n) is 12.1. The molecule has 2 aromatic rings. The Kier molecular flexibility index (Phi) is 2.89. The van der Waals surface area contributed by atoms with Crippen LogP contribution < -0.4 is 11.4 Å². The SMILES string of the molecule is CC1(C)[C@H]2CC[C@@]1(C)[C@H](n1c(=O)n3n(c1=O)[C@H]1C=C[C@H]3[C@]34C=Cc5ccccc5[C@]13C=C4)C2. The fraction of sp³-hybridized carbons (Fsp3) is 0.500. The highest BCUT2D eigenvalue weighted by Gasteiger charge is 2.69. The van der Waals surface area contributed by atoms with Crippen molar-refractivity contribution in [3.63, 3.8) is 0 Å². The van der Waals surface area contributed by atoms with Gasteiger partial charge in [0, 0.05) is 11.5 Å². The van der Waals surface area contributed by atoms with E-state index in [1.165, 1.54) is 17.5 Å². The third kappa shape index (κ3) is 1.60. The molecule has 0 spiro atoms. The van der Waals surface area contributed by atoms with E-state index in [1.54, 1.807) is 9.25 Å². The van der Waals surface area contributed by atoms with Crippen molar-refractivity contribution < 1.29 is 0 Å². The first kappa shape index (κ1) is 18.6. The van der Waals surface area contributed by atoms with Crippen LogP contribution in [0.1, 0.15) is 69.3 Å². The van der Waals surface area contributed by atoms with Gasteiger partial charge in [0.25, 0.3) is 0 Å². The van der Waals surface area contributed by atoms with Crippen LogP contribution in [0, 0.1) is 22.2 Å². The van der Waals surface area contributed by atoms with Gasteiger partial charge in [-0.3, -0.25) is 0 Å². The molecule has 0 saturated heterocycles. The average molecular weight is 440 g/mol. The first-order valence-electron chi connectivity index (χ1n) is 12.4. The summed E-state index contributed by atoms with van der Waals surface area (Å²) in [5, 5.41) is 0. The quantitative estimate of drug-likeness (QED) is 0.619. The molecule has 0 radical (unpaired) electrons. The molecule has 168 valence electrons. The molecular weight excluding hydrogens is 410 g/mol. The van der Waals surface area contributed by atoms with Crippen LogP contribution in [0.15, 0.2) is 64.2 Å². The molecule has 5 heteroatoms. The molecule has 5 aliphatic carbocycles. The van der Waals surface area contributed by atoms with E-state index in [4.69, 9.17) is 0 Å². The van der Waals surface area contributed by atoms with Crippen LogP contribution in [-0.2, 0) is 5.41 Å². The molecule has 33 heavy (non-hydrogen) atoms. The smallest absolute Gasteiger partial charge is 0.246 e. The van der Waals surface area contributed by atoms with Gasteiger partial charge in [0.15, 0.2) is 0 Å². The first-order valence-corrected chi connectivity index (χ1v) is 12.4. The third-order valence-electron chi connectivity index (χ3n) is 11.3. The minimum absolute atomic E-state index is 0.0262. The maximum absolute atomic E-state index is 14.1. The van der Waals surface area contributed by atoms with Gasteiger partial charge in [-0.15, -0.1) is 0 Å². The lowest BCUT2D eigenvalue weighted by molar-refractivity contribution is 0.0438. The molecule has 1 aromatic carbocycles. The number of fused-ring (bicyclic) bond motifs is 3. The molecule has 2 saturated carbocycles. The topological polar surface area (TPSA) is 48.9 Å². The van der Waals surface area contributed by atoms with Gasteiger partial charge in [-0.25, -0.2) is 23.5 Å². The lowest BCUT2D eigenvalue weighted by Crippen LogP contribution is -2.66. The summed E-state index contributed by atoms with van der Waals surface area (Å²) in [7, 11) is 0. The predicted molar refractivity (Wildman–Crippen MR) is 127 cm³/mol. The Morgan fingerprint density at radius 3 is 2.30 bits per heavy atom. The van der Waals surface area contributed by atoms with Crippen molar-refractivity contribution in [1.82, 2.24) is 13.9 Å². The summed E-state index contributed by atoms with van der Waals surface area (Å²) in [5.41, 5.74) is 1.75. The number of nitrogens with zero attached hydrogens (tertiary/aromatic N) is 3. The molecule has 0 amide bonds. The van der Waals surface area contributed by atoms with E-state index in [1.807, 2.05) is 4.68 Å². The fourth-order valence-corrected chi connectivity index (χ4v) is 9.07. The van der Waals surface area contributed by atoms with Crippen LogP contribution in [0.2, 0.25) is 0 Å². The minimum atomic E-state index is -0.307. The number of aromatic nitrogens is 3. The zero-order valence-electron chi connectivity index (χ0n) is 19.4. The van der Waals surface area contributed by atoms with E-state index >= 15 is 0 Å². The largest absolute Gasteiger partial charge is 0.348 e. The van der Waals surface area contributed by atoms with Crippen molar-refractivity contribution in [2.45, 2.75) is 63.6 Å². The summed E-state index contributed by atoms with van der Waals surface area (Å²) in [6.45, 7) is 6.99. The van der Waals surface area contributed by atoms with Crippen molar-refractivity contribution >= 4 is 6.08 Å². The van der Waals surface area contributed by atoms with Gasteiger partial charge in [-0.05, 0) is 47.1 Å². The summed E-state index contributed by atoms with van der Waals surface area (Å²) in [6.07, 6.45) is 16.6. The van der Waals surface area contributed by atoms with Crippen molar-refractivity contribution in [2.75, 3.05) is 0 Å². The van der Waals surface area contributed by atoms with Gasteiger partial charge in [-0.1, -0.05) is 81.5 Å². The van der Waals surface area contributed by atoms with Crippen molar-refractivity contribution in [3.8, 4) is 0 Å². The number of hydrogen-bond acceptors (Lipinski definition) is 2. The Balaban J connectivity index is 1.39. The van der Waals surface area contributed by atoms with Gasteiger partial charge in [0.05, 0.1) is 17.5 Å². The van der Waals surface area contributed by atoms with Crippen LogP contribution in [-0.4, -0.2) is 13.9 Å². The molecular formula is C28H29N3O2. The van der Waals surface area contributed by atoms with Gasteiger partial charge in [0.1, 0.15) is 0 Å². The second-order valence-corrected chi connectivity index (χ2v) is 12.1. The minimum Gasteiger partial charge on any atom is -0.246 e. The number of rotatable bonds is 1. The summed E-state index contributed by atoms with van der Waals surface area (Å²) in [5.74, 6) is 0.572. The first-order chi connectivity index (χ1) is 15.8. The number of benzene rings is 1. The average Bonchev–Trinajstić information content (AvgIpc) is 3.26. The third-order valence-corrected chi connectivity index (χ3v) is 11.3. The molecule has 4 bridgehead atoms. The van der Waals surface area contributed by atoms with Crippen molar-refractivity contribution in [1.29, 1.82) is 0 Å². The van der Waals surface area contributed by atoms with Gasteiger partial charge in [0.2, 0.25) is 0 Å². The Labute approximate surface area is 192 Å². The van der Waals surface area contributed by atoms with Crippen LogP contribution in [0.4, 0.5) is 0 Å². The zero-order valence-corrected chi connectivity index (χ0v) is 19.4. The van der Waals surface area contributed by atoms with Crippen LogP contribution in [0.3, 0.4) is 0 Å². The highest BCUT2D eigenvalue weighted by Crippen LogP contribution is 2.71. The number of hydrogen-bond donors (Lipinski definition) is 0. The highest BCUT2D eigenvalue weighted by molar-refractivity contribution is 5.70. The van der Waals surface area contributed by atoms with Gasteiger partial charge in [-0.2, -0.15) is 0 Å². The van der Waals surface area contributed by atoms with E-state index in [9.17, 15) is 9.59 Å². The molecule has 0 unspecified atom stereocenters. The second kappa shape index (κ2) is 5.13.